The topological polar surface area (TPSA) is 104 Å². The summed E-state index contributed by atoms with van der Waals surface area (Å²) < 4.78 is 27.5. The van der Waals surface area contributed by atoms with Gasteiger partial charge in [-0.15, -0.1) is 0 Å². The number of hydrogen-bond acceptors (Lipinski definition) is 4. The normalized spacial score (nSPS) is 11.3. The third-order valence-corrected chi connectivity index (χ3v) is 7.30. The molecule has 0 radical (unpaired) electrons. The molecular formula is C25H18Cl2N2O5S. The van der Waals surface area contributed by atoms with Crippen LogP contribution in [0.3, 0.4) is 0 Å². The first-order chi connectivity index (χ1) is 16.6. The molecule has 0 fully saturated rings. The Hall–Kier alpha value is -3.59. The smallest absolute Gasteiger partial charge is 0.324 e. The minimum atomic E-state index is -4.31. The number of sulfonamides is 1. The minimum Gasteiger partial charge on any atom is -0.480 e. The maximum Gasteiger partial charge on any atom is 0.324 e. The maximum absolute atomic E-state index is 13.4. The summed E-state index contributed by atoms with van der Waals surface area (Å²) in [7, 11) is -4.31. The lowest BCUT2D eigenvalue weighted by Gasteiger charge is -2.23. The Balaban J connectivity index is 1.73. The molecule has 0 saturated heterocycles. The molecule has 2 N–H and O–H groups in total. The maximum atomic E-state index is 13.4. The average molecular weight is 529 g/mol. The summed E-state index contributed by atoms with van der Waals surface area (Å²) in [5, 5.41) is 13.8. The lowest BCUT2D eigenvalue weighted by Crippen LogP contribution is -2.35. The predicted octanol–water partition coefficient (Wildman–Crippen LogP) is 5.68. The number of aliphatic carboxylic acids is 1. The molecule has 0 aliphatic carbocycles. The first-order valence-electron chi connectivity index (χ1n) is 10.2. The van der Waals surface area contributed by atoms with Crippen molar-refractivity contribution in [3.05, 3.63) is 101 Å². The van der Waals surface area contributed by atoms with E-state index in [0.29, 0.717) is 16.6 Å². The van der Waals surface area contributed by atoms with Gasteiger partial charge in [0.1, 0.15) is 6.54 Å². The summed E-state index contributed by atoms with van der Waals surface area (Å²) in [4.78, 5) is 23.8. The molecule has 0 aliphatic heterocycles. The van der Waals surface area contributed by atoms with Gasteiger partial charge in [-0.25, -0.2) is 8.42 Å². The van der Waals surface area contributed by atoms with Crippen LogP contribution < -0.4 is 9.62 Å². The molecule has 0 unspecified atom stereocenters. The summed E-state index contributed by atoms with van der Waals surface area (Å²) in [6.07, 6.45) is 0. The lowest BCUT2D eigenvalue weighted by atomic mass is 10.1. The van der Waals surface area contributed by atoms with Crippen LogP contribution >= 0.6 is 23.2 Å². The fraction of sp³-hybridized carbons (Fsp3) is 0.0400. The Morgan fingerprint density at radius 1 is 0.829 bits per heavy atom. The second-order valence-corrected chi connectivity index (χ2v) is 10.3. The summed E-state index contributed by atoms with van der Waals surface area (Å²) in [6, 6.07) is 22.4. The van der Waals surface area contributed by atoms with Crippen LogP contribution in [0.2, 0.25) is 10.0 Å². The van der Waals surface area contributed by atoms with Crippen molar-refractivity contribution in [2.75, 3.05) is 16.2 Å². The van der Waals surface area contributed by atoms with Crippen LogP contribution in [-0.2, 0) is 14.8 Å². The number of hydrogen-bond donors (Lipinski definition) is 2. The fourth-order valence-corrected chi connectivity index (χ4v) is 5.64. The molecule has 0 heterocycles. The van der Waals surface area contributed by atoms with Crippen molar-refractivity contribution in [3.8, 4) is 0 Å². The van der Waals surface area contributed by atoms with E-state index >= 15 is 0 Å². The van der Waals surface area contributed by atoms with Crippen molar-refractivity contribution in [2.45, 2.75) is 4.90 Å². The van der Waals surface area contributed by atoms with Gasteiger partial charge in [-0.3, -0.25) is 13.9 Å². The van der Waals surface area contributed by atoms with E-state index in [9.17, 15) is 23.1 Å². The molecule has 0 atom stereocenters. The number of amides is 1. The van der Waals surface area contributed by atoms with Crippen LogP contribution in [0.5, 0.6) is 0 Å². The second kappa shape index (κ2) is 9.95. The molecule has 0 aromatic heterocycles. The van der Waals surface area contributed by atoms with Gasteiger partial charge in [0.2, 0.25) is 0 Å². The number of benzene rings is 4. The zero-order chi connectivity index (χ0) is 25.2. The monoisotopic (exact) mass is 528 g/mol. The zero-order valence-electron chi connectivity index (χ0n) is 18.0. The van der Waals surface area contributed by atoms with Gasteiger partial charge in [0.15, 0.2) is 0 Å². The summed E-state index contributed by atoms with van der Waals surface area (Å²) in [6.45, 7) is -0.817. The van der Waals surface area contributed by atoms with Crippen molar-refractivity contribution in [3.63, 3.8) is 0 Å². The van der Waals surface area contributed by atoms with Gasteiger partial charge < -0.3 is 10.4 Å². The van der Waals surface area contributed by atoms with Gasteiger partial charge in [-0.05, 0) is 65.4 Å². The van der Waals surface area contributed by atoms with Gasteiger partial charge in [0, 0.05) is 21.3 Å². The van der Waals surface area contributed by atoms with Crippen molar-refractivity contribution >= 4 is 67.2 Å². The van der Waals surface area contributed by atoms with E-state index in [-0.39, 0.29) is 26.5 Å². The molecule has 35 heavy (non-hydrogen) atoms. The molecule has 1 amide bonds. The molecule has 0 aliphatic rings. The first kappa shape index (κ1) is 24.5. The SMILES string of the molecule is O=C(O)CN(c1ccc2ccc(NC(=O)c3ccccc3)cc2c1)S(=O)(=O)c1cc(Cl)cc(Cl)c1. The molecule has 4 aromatic carbocycles. The van der Waals surface area contributed by atoms with Gasteiger partial charge in [-0.2, -0.15) is 0 Å². The molecule has 4 rings (SSSR count). The fourth-order valence-electron chi connectivity index (χ4n) is 3.50. The van der Waals surface area contributed by atoms with E-state index in [4.69, 9.17) is 23.2 Å². The minimum absolute atomic E-state index is 0.101. The van der Waals surface area contributed by atoms with E-state index < -0.39 is 22.5 Å². The van der Waals surface area contributed by atoms with E-state index in [1.807, 2.05) is 6.07 Å². The highest BCUT2D eigenvalue weighted by Gasteiger charge is 2.28. The number of carbonyl (C=O) groups is 2. The molecule has 4 aromatic rings. The van der Waals surface area contributed by atoms with Gasteiger partial charge >= 0.3 is 5.97 Å². The number of nitrogens with zero attached hydrogens (tertiary/aromatic N) is 1. The van der Waals surface area contributed by atoms with Crippen LogP contribution in [0.1, 0.15) is 10.4 Å². The van der Waals surface area contributed by atoms with Crippen LogP contribution in [0, 0.1) is 0 Å². The lowest BCUT2D eigenvalue weighted by molar-refractivity contribution is -0.135. The number of rotatable bonds is 7. The highest BCUT2D eigenvalue weighted by Crippen LogP contribution is 2.31. The summed E-state index contributed by atoms with van der Waals surface area (Å²) in [5.74, 6) is -1.64. The summed E-state index contributed by atoms with van der Waals surface area (Å²) >= 11 is 12.0. The Labute approximate surface area is 211 Å². The second-order valence-electron chi connectivity index (χ2n) is 7.58. The highest BCUT2D eigenvalue weighted by atomic mass is 35.5. The van der Waals surface area contributed by atoms with E-state index in [2.05, 4.69) is 5.32 Å². The van der Waals surface area contributed by atoms with Crippen molar-refractivity contribution in [1.29, 1.82) is 0 Å². The Kier molecular flexibility index (Phi) is 6.98. The average Bonchev–Trinajstić information content (AvgIpc) is 2.82. The molecule has 178 valence electrons. The molecular weight excluding hydrogens is 511 g/mol. The molecule has 7 nitrogen and oxygen atoms in total. The molecule has 0 saturated carbocycles. The largest absolute Gasteiger partial charge is 0.480 e. The van der Waals surface area contributed by atoms with Crippen molar-refractivity contribution in [2.24, 2.45) is 0 Å². The van der Waals surface area contributed by atoms with E-state index in [1.54, 1.807) is 54.6 Å². The van der Waals surface area contributed by atoms with Crippen LogP contribution in [-0.4, -0.2) is 31.9 Å². The Morgan fingerprint density at radius 3 is 2.14 bits per heavy atom. The van der Waals surface area contributed by atoms with Crippen molar-refractivity contribution < 1.29 is 23.1 Å². The van der Waals surface area contributed by atoms with Crippen molar-refractivity contribution in [1.82, 2.24) is 0 Å². The molecule has 0 spiro atoms. The quantitative estimate of drug-likeness (QED) is 0.321. The number of anilines is 2. The van der Waals surface area contributed by atoms with E-state index in [0.717, 1.165) is 9.69 Å². The highest BCUT2D eigenvalue weighted by molar-refractivity contribution is 7.92. The van der Waals surface area contributed by atoms with Gasteiger partial charge in [-0.1, -0.05) is 53.5 Å². The van der Waals surface area contributed by atoms with Crippen LogP contribution in [0.25, 0.3) is 10.8 Å². The number of fused-ring (bicyclic) bond motifs is 1. The predicted molar refractivity (Wildman–Crippen MR) is 137 cm³/mol. The number of nitrogens with one attached hydrogen (secondary N) is 1. The standard InChI is InChI=1S/C25H18Cl2N2O5S/c26-19-12-20(27)14-23(13-19)35(33,34)29(15-24(30)31)22-9-7-16-6-8-21(10-18(16)11-22)28-25(32)17-4-2-1-3-5-17/h1-14H,15H2,(H,28,32)(H,30,31). The molecule has 10 heteroatoms. The number of carboxylic acids is 1. The van der Waals surface area contributed by atoms with Crippen LogP contribution in [0.4, 0.5) is 11.4 Å². The number of carboxylic acid groups (broad SMARTS) is 1. The third kappa shape index (κ3) is 5.57. The molecule has 0 bridgehead atoms. The Bertz CT molecular complexity index is 1520. The first-order valence-corrected chi connectivity index (χ1v) is 12.4. The summed E-state index contributed by atoms with van der Waals surface area (Å²) in [5.41, 5.74) is 1.11. The number of halogens is 2. The zero-order valence-corrected chi connectivity index (χ0v) is 20.3. The number of carbonyl (C=O) groups excluding carboxylic acids is 1. The van der Waals surface area contributed by atoms with Crippen LogP contribution in [0.15, 0.2) is 89.8 Å². The van der Waals surface area contributed by atoms with Gasteiger partial charge in [0.25, 0.3) is 15.9 Å². The third-order valence-electron chi connectivity index (χ3n) is 5.11. The Morgan fingerprint density at radius 2 is 1.49 bits per heavy atom. The van der Waals surface area contributed by atoms with E-state index in [1.165, 1.54) is 24.3 Å². The van der Waals surface area contributed by atoms with Gasteiger partial charge in [0.05, 0.1) is 10.6 Å².